The second-order valence-electron chi connectivity index (χ2n) is 8.96. The highest BCUT2D eigenvalue weighted by Crippen LogP contribution is 2.33. The molecular formula is C24H28N6O2. The third-order valence-corrected chi connectivity index (χ3v) is 6.53. The predicted octanol–water partition coefficient (Wildman–Crippen LogP) is 3.43. The quantitative estimate of drug-likeness (QED) is 0.612. The van der Waals surface area contributed by atoms with E-state index in [1.807, 2.05) is 24.3 Å². The summed E-state index contributed by atoms with van der Waals surface area (Å²) >= 11 is 0. The molecule has 1 atom stereocenters. The molecule has 2 aromatic heterocycles. The number of aromatic hydroxyl groups is 1. The Bertz CT molecular complexity index is 1100. The van der Waals surface area contributed by atoms with Gasteiger partial charge in [-0.25, -0.2) is 9.97 Å². The summed E-state index contributed by atoms with van der Waals surface area (Å²) in [7, 11) is 1.56. The SMILES string of the molecule is COc1cc(-c2ccc(-c3ccc(N4CC[C@](C)(NC5CCC5)C4)nn3)c(O)c2)ncn1. The number of ether oxygens (including phenoxy) is 1. The first-order valence-electron chi connectivity index (χ1n) is 11.1. The third-order valence-electron chi connectivity index (χ3n) is 6.53. The highest BCUT2D eigenvalue weighted by molar-refractivity contribution is 5.73. The average Bonchev–Trinajstić information content (AvgIpc) is 3.19. The van der Waals surface area contributed by atoms with Crippen molar-refractivity contribution in [3.05, 3.63) is 42.7 Å². The van der Waals surface area contributed by atoms with Gasteiger partial charge in [0.2, 0.25) is 5.88 Å². The van der Waals surface area contributed by atoms with Crippen LogP contribution in [0.3, 0.4) is 0 Å². The molecule has 166 valence electrons. The van der Waals surface area contributed by atoms with E-state index in [0.717, 1.165) is 30.9 Å². The molecule has 8 nitrogen and oxygen atoms in total. The second kappa shape index (κ2) is 8.35. The maximum absolute atomic E-state index is 10.6. The number of phenols is 1. The van der Waals surface area contributed by atoms with Crippen molar-refractivity contribution in [1.29, 1.82) is 0 Å². The summed E-state index contributed by atoms with van der Waals surface area (Å²) in [6.45, 7) is 4.20. The molecule has 2 aliphatic rings. The van der Waals surface area contributed by atoms with E-state index in [4.69, 9.17) is 4.74 Å². The van der Waals surface area contributed by atoms with E-state index >= 15 is 0 Å². The lowest BCUT2D eigenvalue weighted by molar-refractivity contribution is 0.253. The van der Waals surface area contributed by atoms with Gasteiger partial charge in [-0.1, -0.05) is 12.5 Å². The Morgan fingerprint density at radius 2 is 1.97 bits per heavy atom. The molecule has 0 radical (unpaired) electrons. The Labute approximate surface area is 187 Å². The fraction of sp³-hybridized carbons (Fsp3) is 0.417. The number of phenolic OH excluding ortho intramolecular Hbond substituents is 1. The van der Waals surface area contributed by atoms with Crippen LogP contribution in [0.25, 0.3) is 22.5 Å². The first-order valence-corrected chi connectivity index (χ1v) is 11.1. The number of hydrogen-bond donors (Lipinski definition) is 2. The minimum absolute atomic E-state index is 0.126. The smallest absolute Gasteiger partial charge is 0.216 e. The second-order valence-corrected chi connectivity index (χ2v) is 8.96. The summed E-state index contributed by atoms with van der Waals surface area (Å²) in [5, 5.41) is 23.3. The monoisotopic (exact) mass is 432 g/mol. The van der Waals surface area contributed by atoms with Gasteiger partial charge in [0.25, 0.3) is 0 Å². The molecule has 0 spiro atoms. The first kappa shape index (κ1) is 20.6. The van der Waals surface area contributed by atoms with Crippen LogP contribution >= 0.6 is 0 Å². The van der Waals surface area contributed by atoms with Gasteiger partial charge in [0.15, 0.2) is 5.82 Å². The highest BCUT2D eigenvalue weighted by atomic mass is 16.5. The molecule has 3 aromatic rings. The van der Waals surface area contributed by atoms with E-state index < -0.39 is 0 Å². The van der Waals surface area contributed by atoms with Crippen LogP contribution in [0.4, 0.5) is 5.82 Å². The molecule has 1 saturated heterocycles. The number of benzene rings is 1. The summed E-state index contributed by atoms with van der Waals surface area (Å²) in [6.07, 6.45) is 6.46. The minimum Gasteiger partial charge on any atom is -0.507 e. The fourth-order valence-corrected chi connectivity index (χ4v) is 4.47. The molecule has 0 amide bonds. The summed E-state index contributed by atoms with van der Waals surface area (Å²) in [6, 6.07) is 11.7. The van der Waals surface area contributed by atoms with Crippen LogP contribution < -0.4 is 15.0 Å². The van der Waals surface area contributed by atoms with Crippen molar-refractivity contribution >= 4 is 5.82 Å². The molecule has 3 heterocycles. The molecular weight excluding hydrogens is 404 g/mol. The lowest BCUT2D eigenvalue weighted by Gasteiger charge is -2.36. The Morgan fingerprint density at radius 3 is 2.66 bits per heavy atom. The van der Waals surface area contributed by atoms with E-state index in [-0.39, 0.29) is 11.3 Å². The van der Waals surface area contributed by atoms with Crippen LogP contribution in [0.2, 0.25) is 0 Å². The molecule has 2 fully saturated rings. The van der Waals surface area contributed by atoms with Crippen LogP contribution in [0.1, 0.15) is 32.6 Å². The molecule has 2 N–H and O–H groups in total. The predicted molar refractivity (Wildman–Crippen MR) is 123 cm³/mol. The number of hydrogen-bond acceptors (Lipinski definition) is 8. The van der Waals surface area contributed by atoms with E-state index in [1.165, 1.54) is 25.6 Å². The standard InChI is InChI=1S/C24H28N6O2/c1-24(27-17-4-3-5-17)10-11-30(14-24)22-9-8-19(28-29-22)18-7-6-16(12-21(18)31)20-13-23(32-2)26-15-25-20/h6-9,12-13,15,17,27,31H,3-5,10-11,14H2,1-2H3/t24-/m0/s1. The van der Waals surface area contributed by atoms with Gasteiger partial charge in [-0.2, -0.15) is 0 Å². The van der Waals surface area contributed by atoms with E-state index in [9.17, 15) is 5.11 Å². The van der Waals surface area contributed by atoms with Gasteiger partial charge in [0, 0.05) is 41.9 Å². The van der Waals surface area contributed by atoms with Crippen molar-refractivity contribution in [2.24, 2.45) is 0 Å². The zero-order valence-corrected chi connectivity index (χ0v) is 18.5. The molecule has 5 rings (SSSR count). The van der Waals surface area contributed by atoms with Gasteiger partial charge in [-0.05, 0) is 50.5 Å². The van der Waals surface area contributed by atoms with Crippen LogP contribution in [0.5, 0.6) is 11.6 Å². The minimum atomic E-state index is 0.126. The van der Waals surface area contributed by atoms with Gasteiger partial charge >= 0.3 is 0 Å². The number of nitrogens with one attached hydrogen (secondary N) is 1. The Hall–Kier alpha value is -3.26. The summed E-state index contributed by atoms with van der Waals surface area (Å²) < 4.78 is 5.15. The van der Waals surface area contributed by atoms with Crippen molar-refractivity contribution in [3.63, 3.8) is 0 Å². The maximum Gasteiger partial charge on any atom is 0.216 e. The zero-order valence-electron chi connectivity index (χ0n) is 18.5. The summed E-state index contributed by atoms with van der Waals surface area (Å²) in [5.74, 6) is 1.47. The topological polar surface area (TPSA) is 96.3 Å². The number of methoxy groups -OCH3 is 1. The molecule has 32 heavy (non-hydrogen) atoms. The van der Waals surface area contributed by atoms with E-state index in [1.54, 1.807) is 19.2 Å². The Kier molecular flexibility index (Phi) is 5.38. The van der Waals surface area contributed by atoms with Gasteiger partial charge in [-0.3, -0.25) is 0 Å². The summed E-state index contributed by atoms with van der Waals surface area (Å²) in [4.78, 5) is 10.6. The van der Waals surface area contributed by atoms with Crippen LogP contribution in [-0.4, -0.2) is 57.1 Å². The number of nitrogens with zero attached hydrogens (tertiary/aromatic N) is 5. The maximum atomic E-state index is 10.6. The summed E-state index contributed by atoms with van der Waals surface area (Å²) in [5.41, 5.74) is 2.84. The van der Waals surface area contributed by atoms with Crippen molar-refractivity contribution in [2.75, 3.05) is 25.1 Å². The van der Waals surface area contributed by atoms with Crippen molar-refractivity contribution in [1.82, 2.24) is 25.5 Å². The average molecular weight is 433 g/mol. The fourth-order valence-electron chi connectivity index (χ4n) is 4.47. The van der Waals surface area contributed by atoms with E-state index in [0.29, 0.717) is 28.9 Å². The zero-order chi connectivity index (χ0) is 22.1. The van der Waals surface area contributed by atoms with Crippen LogP contribution in [-0.2, 0) is 0 Å². The van der Waals surface area contributed by atoms with Gasteiger partial charge < -0.3 is 20.1 Å². The molecule has 1 saturated carbocycles. The van der Waals surface area contributed by atoms with Crippen LogP contribution in [0.15, 0.2) is 42.7 Å². The van der Waals surface area contributed by atoms with Gasteiger partial charge in [0.1, 0.15) is 12.1 Å². The molecule has 1 aliphatic carbocycles. The normalized spacial score (nSPS) is 20.9. The first-order chi connectivity index (χ1) is 15.5. The molecule has 1 aliphatic heterocycles. The number of aromatic nitrogens is 4. The molecule has 0 bridgehead atoms. The number of rotatable bonds is 6. The molecule has 1 aromatic carbocycles. The van der Waals surface area contributed by atoms with Gasteiger partial charge in [-0.15, -0.1) is 10.2 Å². The third kappa shape index (κ3) is 4.10. The van der Waals surface area contributed by atoms with Crippen molar-refractivity contribution in [2.45, 2.75) is 44.2 Å². The molecule has 8 heteroatoms. The van der Waals surface area contributed by atoms with Crippen LogP contribution in [0, 0.1) is 0 Å². The van der Waals surface area contributed by atoms with Gasteiger partial charge in [0.05, 0.1) is 18.5 Å². The highest BCUT2D eigenvalue weighted by Gasteiger charge is 2.37. The van der Waals surface area contributed by atoms with Crippen molar-refractivity contribution < 1.29 is 9.84 Å². The Balaban J connectivity index is 1.30. The largest absolute Gasteiger partial charge is 0.507 e. The lowest BCUT2D eigenvalue weighted by atomic mass is 9.89. The van der Waals surface area contributed by atoms with Crippen molar-refractivity contribution in [3.8, 4) is 34.1 Å². The van der Waals surface area contributed by atoms with E-state index in [2.05, 4.69) is 37.3 Å². The Morgan fingerprint density at radius 1 is 1.09 bits per heavy atom. The molecule has 0 unspecified atom stereocenters. The number of anilines is 1. The lowest BCUT2D eigenvalue weighted by Crippen LogP contribution is -2.52.